The zero-order valence-corrected chi connectivity index (χ0v) is 19.1. The SMILES string of the molecule is CN/C=C\C/C1=N\C(C)Nc2cccc(c2)CN(C)CCCCOCc2cccc1c2. The first-order chi connectivity index (χ1) is 15.1. The maximum absolute atomic E-state index is 5.95. The third kappa shape index (κ3) is 7.85. The maximum atomic E-state index is 5.95. The minimum atomic E-state index is -0.0373. The molecule has 1 atom stereocenters. The first kappa shape index (κ1) is 23.0. The van der Waals surface area contributed by atoms with Crippen molar-refractivity contribution < 1.29 is 4.74 Å². The van der Waals surface area contributed by atoms with E-state index in [0.29, 0.717) is 6.61 Å². The molecule has 2 N–H and O–H groups in total. The number of anilines is 1. The first-order valence-corrected chi connectivity index (χ1v) is 11.2. The second-order valence-electron chi connectivity index (χ2n) is 8.19. The molecule has 0 fully saturated rings. The lowest BCUT2D eigenvalue weighted by atomic mass is 10.0. The summed E-state index contributed by atoms with van der Waals surface area (Å²) in [6, 6.07) is 17.2. The highest BCUT2D eigenvalue weighted by molar-refractivity contribution is 6.01. The van der Waals surface area contributed by atoms with Crippen molar-refractivity contribution in [2.24, 2.45) is 4.99 Å². The number of allylic oxidation sites excluding steroid dienone is 1. The van der Waals surface area contributed by atoms with Gasteiger partial charge in [0.15, 0.2) is 0 Å². The van der Waals surface area contributed by atoms with Gasteiger partial charge in [-0.3, -0.25) is 4.99 Å². The van der Waals surface area contributed by atoms with Gasteiger partial charge in [-0.05, 0) is 74.4 Å². The average molecular weight is 421 g/mol. The van der Waals surface area contributed by atoms with Gasteiger partial charge in [0, 0.05) is 38.0 Å². The Hall–Kier alpha value is -2.63. The number of hydrogen-bond donors (Lipinski definition) is 2. The molecule has 2 aromatic rings. The van der Waals surface area contributed by atoms with E-state index < -0.39 is 0 Å². The van der Waals surface area contributed by atoms with E-state index >= 15 is 0 Å². The molecule has 4 bridgehead atoms. The fourth-order valence-electron chi connectivity index (χ4n) is 3.81. The molecule has 5 nitrogen and oxygen atoms in total. The van der Waals surface area contributed by atoms with Crippen molar-refractivity contribution in [1.82, 2.24) is 10.2 Å². The van der Waals surface area contributed by atoms with Crippen molar-refractivity contribution in [3.63, 3.8) is 0 Å². The smallest absolute Gasteiger partial charge is 0.116 e. The zero-order chi connectivity index (χ0) is 21.9. The third-order valence-corrected chi connectivity index (χ3v) is 5.31. The summed E-state index contributed by atoms with van der Waals surface area (Å²) in [7, 11) is 4.09. The van der Waals surface area contributed by atoms with E-state index in [-0.39, 0.29) is 6.17 Å². The molecule has 0 spiro atoms. The van der Waals surface area contributed by atoms with E-state index in [1.165, 1.54) is 11.1 Å². The van der Waals surface area contributed by atoms with Gasteiger partial charge < -0.3 is 20.3 Å². The van der Waals surface area contributed by atoms with E-state index in [0.717, 1.165) is 55.9 Å². The Morgan fingerprint density at radius 3 is 2.87 bits per heavy atom. The minimum Gasteiger partial charge on any atom is -0.394 e. The molecule has 2 aromatic carbocycles. The van der Waals surface area contributed by atoms with Gasteiger partial charge in [0.05, 0.1) is 6.61 Å². The highest BCUT2D eigenvalue weighted by Gasteiger charge is 2.09. The Morgan fingerprint density at radius 1 is 1.16 bits per heavy atom. The minimum absolute atomic E-state index is 0.0373. The summed E-state index contributed by atoms with van der Waals surface area (Å²) in [4.78, 5) is 7.40. The largest absolute Gasteiger partial charge is 0.394 e. The van der Waals surface area contributed by atoms with E-state index in [2.05, 4.69) is 84.1 Å². The van der Waals surface area contributed by atoms with Gasteiger partial charge in [0.1, 0.15) is 6.17 Å². The number of aliphatic imine (C=N–C) groups is 1. The maximum Gasteiger partial charge on any atom is 0.116 e. The second kappa shape index (κ2) is 12.3. The number of nitrogens with one attached hydrogen (secondary N) is 2. The summed E-state index contributed by atoms with van der Waals surface area (Å²) < 4.78 is 5.95. The van der Waals surface area contributed by atoms with E-state index in [4.69, 9.17) is 9.73 Å². The van der Waals surface area contributed by atoms with Crippen LogP contribution in [-0.2, 0) is 17.9 Å². The lowest BCUT2D eigenvalue weighted by molar-refractivity contribution is 0.115. The van der Waals surface area contributed by atoms with E-state index in [1.807, 2.05) is 13.2 Å². The number of nitrogens with zero attached hydrogens (tertiary/aromatic N) is 2. The van der Waals surface area contributed by atoms with Crippen LogP contribution in [0.2, 0.25) is 0 Å². The van der Waals surface area contributed by atoms with Gasteiger partial charge in [-0.2, -0.15) is 0 Å². The molecule has 0 aliphatic carbocycles. The van der Waals surface area contributed by atoms with Gasteiger partial charge >= 0.3 is 0 Å². The Morgan fingerprint density at radius 2 is 2.00 bits per heavy atom. The normalized spacial score (nSPS) is 20.9. The van der Waals surface area contributed by atoms with E-state index in [1.54, 1.807) is 0 Å². The summed E-state index contributed by atoms with van der Waals surface area (Å²) in [5.41, 5.74) is 5.81. The molecule has 1 aliphatic rings. The molecule has 1 aliphatic heterocycles. The third-order valence-electron chi connectivity index (χ3n) is 5.31. The monoisotopic (exact) mass is 420 g/mol. The van der Waals surface area contributed by atoms with Crippen molar-refractivity contribution >= 4 is 11.4 Å². The summed E-state index contributed by atoms with van der Waals surface area (Å²) in [6.07, 6.45) is 7.01. The number of fused-ring (bicyclic) bond motifs is 4. The van der Waals surface area contributed by atoms with Crippen LogP contribution in [0.5, 0.6) is 0 Å². The molecule has 0 saturated heterocycles. The molecule has 0 radical (unpaired) electrons. The van der Waals surface area contributed by atoms with Crippen LogP contribution < -0.4 is 10.6 Å². The van der Waals surface area contributed by atoms with Gasteiger partial charge in [0.25, 0.3) is 0 Å². The zero-order valence-electron chi connectivity index (χ0n) is 19.1. The molecule has 166 valence electrons. The summed E-state index contributed by atoms with van der Waals surface area (Å²) in [5.74, 6) is 0. The molecule has 1 heterocycles. The molecular weight excluding hydrogens is 384 g/mol. The highest BCUT2D eigenvalue weighted by Crippen LogP contribution is 2.16. The topological polar surface area (TPSA) is 48.9 Å². The number of rotatable bonds is 3. The summed E-state index contributed by atoms with van der Waals surface area (Å²) in [6.45, 7) is 5.55. The molecular formula is C26H36N4O. The Balaban J connectivity index is 1.88. The molecule has 0 amide bonds. The Kier molecular flexibility index (Phi) is 9.13. The number of ether oxygens (including phenoxy) is 1. The van der Waals surface area contributed by atoms with Crippen LogP contribution in [0.15, 0.2) is 65.8 Å². The van der Waals surface area contributed by atoms with Crippen LogP contribution in [0.4, 0.5) is 5.69 Å². The van der Waals surface area contributed by atoms with Crippen molar-refractivity contribution in [3.05, 3.63) is 77.5 Å². The second-order valence-corrected chi connectivity index (χ2v) is 8.19. The van der Waals surface area contributed by atoms with Crippen molar-refractivity contribution in [2.75, 3.05) is 32.6 Å². The van der Waals surface area contributed by atoms with Gasteiger partial charge in [-0.15, -0.1) is 0 Å². The fraction of sp³-hybridized carbons (Fsp3) is 0.423. The molecule has 1 unspecified atom stereocenters. The van der Waals surface area contributed by atoms with E-state index in [9.17, 15) is 0 Å². The number of benzene rings is 2. The predicted molar refractivity (Wildman–Crippen MR) is 131 cm³/mol. The predicted octanol–water partition coefficient (Wildman–Crippen LogP) is 4.80. The Labute approximate surface area is 187 Å². The number of hydrogen-bond acceptors (Lipinski definition) is 5. The van der Waals surface area contributed by atoms with Gasteiger partial charge in [-0.25, -0.2) is 0 Å². The lowest BCUT2D eigenvalue weighted by Gasteiger charge is -2.19. The standard InChI is InChI=1S/C26H36N4O/c1-21-28-25-12-7-9-22(18-25)19-30(3)15-4-5-16-31-20-23-10-6-11-24(17-23)26(29-21)13-8-14-27-2/h6-12,14,17-18,21,27-28H,4-5,13,15-16,19-20H2,1-3H3/b14-8-,29-26+. The summed E-state index contributed by atoms with van der Waals surface area (Å²) in [5, 5.41) is 6.62. The quantitative estimate of drug-likeness (QED) is 0.749. The van der Waals surface area contributed by atoms with Crippen LogP contribution in [0.1, 0.15) is 42.9 Å². The van der Waals surface area contributed by atoms with Crippen molar-refractivity contribution in [1.29, 1.82) is 0 Å². The molecule has 5 heteroatoms. The van der Waals surface area contributed by atoms with Crippen LogP contribution >= 0.6 is 0 Å². The fourth-order valence-corrected chi connectivity index (χ4v) is 3.81. The van der Waals surface area contributed by atoms with Gasteiger partial charge in [0.2, 0.25) is 0 Å². The molecule has 3 rings (SSSR count). The highest BCUT2D eigenvalue weighted by atomic mass is 16.5. The lowest BCUT2D eigenvalue weighted by Crippen LogP contribution is -2.20. The van der Waals surface area contributed by atoms with Crippen LogP contribution in [-0.4, -0.2) is 44.0 Å². The van der Waals surface area contributed by atoms with Crippen molar-refractivity contribution in [2.45, 2.75) is 45.5 Å². The Bertz CT molecular complexity index is 877. The van der Waals surface area contributed by atoms with Crippen LogP contribution in [0.25, 0.3) is 0 Å². The molecule has 31 heavy (non-hydrogen) atoms. The average Bonchev–Trinajstić information content (AvgIpc) is 2.75. The first-order valence-electron chi connectivity index (χ1n) is 11.2. The van der Waals surface area contributed by atoms with Crippen LogP contribution in [0, 0.1) is 0 Å². The molecule has 0 saturated carbocycles. The van der Waals surface area contributed by atoms with Gasteiger partial charge in [-0.1, -0.05) is 36.4 Å². The summed E-state index contributed by atoms with van der Waals surface area (Å²) >= 11 is 0. The van der Waals surface area contributed by atoms with Crippen molar-refractivity contribution in [3.8, 4) is 0 Å². The molecule has 0 aromatic heterocycles. The van der Waals surface area contributed by atoms with Crippen LogP contribution in [0.3, 0.4) is 0 Å².